The fraction of sp³-hybridized carbons (Fsp3) is 0.158. The van der Waals surface area contributed by atoms with Gasteiger partial charge in [0, 0.05) is 11.3 Å². The Balaban J connectivity index is 1.69. The second kappa shape index (κ2) is 7.53. The lowest BCUT2D eigenvalue weighted by Crippen LogP contribution is -2.16. The van der Waals surface area contributed by atoms with Crippen LogP contribution in [0.1, 0.15) is 28.4 Å². The van der Waals surface area contributed by atoms with Crippen LogP contribution in [0.15, 0.2) is 41.8 Å². The second-order valence-corrected chi connectivity index (χ2v) is 6.61. The van der Waals surface area contributed by atoms with Crippen LogP contribution in [-0.4, -0.2) is 10.9 Å². The molecule has 3 aromatic rings. The van der Waals surface area contributed by atoms with E-state index in [2.05, 4.69) is 22.6 Å². The summed E-state index contributed by atoms with van der Waals surface area (Å²) in [6.07, 6.45) is 0.964. The number of carbonyl (C=O) groups is 1. The summed E-state index contributed by atoms with van der Waals surface area (Å²) in [7, 11) is 0. The van der Waals surface area contributed by atoms with Gasteiger partial charge in [-0.3, -0.25) is 4.79 Å². The molecule has 134 valence electrons. The topological polar surface area (TPSA) is 77.2 Å². The Labute approximate surface area is 154 Å². The second-order valence-electron chi connectivity index (χ2n) is 5.74. The van der Waals surface area contributed by atoms with Gasteiger partial charge in [0.2, 0.25) is 5.95 Å². The largest absolute Gasteiger partial charge is 0.447 e. The molecule has 5 nitrogen and oxygen atoms in total. The van der Waals surface area contributed by atoms with Gasteiger partial charge in [-0.15, -0.1) is 11.3 Å². The van der Waals surface area contributed by atoms with Crippen LogP contribution in [0.2, 0.25) is 0 Å². The summed E-state index contributed by atoms with van der Waals surface area (Å²) in [4.78, 5) is 15.9. The summed E-state index contributed by atoms with van der Waals surface area (Å²) in [5.41, 5.74) is 7.84. The minimum Gasteiger partial charge on any atom is -0.447 e. The summed E-state index contributed by atoms with van der Waals surface area (Å²) < 4.78 is 19.1. The first-order valence-electron chi connectivity index (χ1n) is 8.05. The number of nitrogen functional groups attached to an aromatic ring is 1. The Morgan fingerprint density at radius 2 is 2.04 bits per heavy atom. The fourth-order valence-electron chi connectivity index (χ4n) is 2.30. The fourth-order valence-corrected chi connectivity index (χ4v) is 3.16. The molecule has 0 aliphatic carbocycles. The van der Waals surface area contributed by atoms with Gasteiger partial charge in [-0.2, -0.15) is 4.39 Å². The van der Waals surface area contributed by atoms with E-state index >= 15 is 0 Å². The van der Waals surface area contributed by atoms with E-state index in [0.717, 1.165) is 11.5 Å². The molecule has 0 atom stereocenters. The smallest absolute Gasteiger partial charge is 0.259 e. The lowest BCUT2D eigenvalue weighted by atomic mass is 10.2. The van der Waals surface area contributed by atoms with Gasteiger partial charge in [0.1, 0.15) is 11.6 Å². The van der Waals surface area contributed by atoms with Crippen LogP contribution in [0.4, 0.5) is 15.9 Å². The first-order chi connectivity index (χ1) is 12.5. The number of thiophene rings is 1. The lowest BCUT2D eigenvalue weighted by Gasteiger charge is -2.09. The van der Waals surface area contributed by atoms with Crippen LogP contribution in [0.25, 0.3) is 0 Å². The van der Waals surface area contributed by atoms with Gasteiger partial charge in [0.15, 0.2) is 5.06 Å². The van der Waals surface area contributed by atoms with E-state index < -0.39 is 11.9 Å². The molecular weight excluding hydrogens is 353 g/mol. The maximum absolute atomic E-state index is 13.4. The van der Waals surface area contributed by atoms with Gasteiger partial charge in [-0.1, -0.05) is 6.92 Å². The van der Waals surface area contributed by atoms with Crippen LogP contribution >= 0.6 is 11.3 Å². The highest BCUT2D eigenvalue weighted by molar-refractivity contribution is 7.12. The maximum Gasteiger partial charge on any atom is 0.259 e. The zero-order valence-electron chi connectivity index (χ0n) is 14.4. The number of nitrogens with two attached hydrogens (primary N) is 1. The number of pyridine rings is 1. The molecule has 0 unspecified atom stereocenters. The number of hydrogen-bond donors (Lipinski definition) is 2. The van der Waals surface area contributed by atoms with E-state index in [1.807, 2.05) is 6.07 Å². The number of carbonyl (C=O) groups excluding carboxylic acids is 1. The van der Waals surface area contributed by atoms with Crippen molar-refractivity contribution in [2.75, 3.05) is 11.1 Å². The summed E-state index contributed by atoms with van der Waals surface area (Å²) in [6, 6.07) is 10.4. The summed E-state index contributed by atoms with van der Waals surface area (Å²) in [6.45, 7) is 3.62. The Morgan fingerprint density at radius 1 is 1.31 bits per heavy atom. The first-order valence-corrected chi connectivity index (χ1v) is 8.93. The number of nitrogens with one attached hydrogen (secondary N) is 1. The Morgan fingerprint density at radius 3 is 2.69 bits per heavy atom. The monoisotopic (exact) mass is 371 g/mol. The van der Waals surface area contributed by atoms with Crippen molar-refractivity contribution < 1.29 is 13.9 Å². The van der Waals surface area contributed by atoms with E-state index in [1.54, 1.807) is 35.6 Å². The molecule has 0 saturated heterocycles. The third kappa shape index (κ3) is 4.00. The summed E-state index contributed by atoms with van der Waals surface area (Å²) >= 11 is 1.54. The molecule has 26 heavy (non-hydrogen) atoms. The number of ether oxygens (including phenoxy) is 1. The number of benzene rings is 1. The standard InChI is InChI=1S/C19H18FN3O2S/c1-3-12-9-16(26-10-12)25-14-6-4-13(5-7-14)22-19(24)15-8-11(2)17(20)23-18(15)21/h4-10H,3H2,1-2H3,(H2,21,23)(H,22,24). The third-order valence-electron chi connectivity index (χ3n) is 3.79. The van der Waals surface area contributed by atoms with Crippen molar-refractivity contribution >= 4 is 28.7 Å². The normalized spacial score (nSPS) is 10.6. The zero-order chi connectivity index (χ0) is 18.7. The van der Waals surface area contributed by atoms with Crippen LogP contribution in [0, 0.1) is 12.9 Å². The number of halogens is 1. The van der Waals surface area contributed by atoms with Crippen molar-refractivity contribution in [3.05, 3.63) is 64.4 Å². The van der Waals surface area contributed by atoms with E-state index in [4.69, 9.17) is 10.5 Å². The Kier molecular flexibility index (Phi) is 5.18. The summed E-state index contributed by atoms with van der Waals surface area (Å²) in [5.74, 6) is -0.598. The molecule has 2 heterocycles. The van der Waals surface area contributed by atoms with E-state index in [-0.39, 0.29) is 16.9 Å². The van der Waals surface area contributed by atoms with Crippen molar-refractivity contribution in [2.45, 2.75) is 20.3 Å². The van der Waals surface area contributed by atoms with Gasteiger partial charge in [0.05, 0.1) is 5.56 Å². The molecule has 0 spiro atoms. The number of hydrogen-bond acceptors (Lipinski definition) is 5. The first kappa shape index (κ1) is 17.9. The molecular formula is C19H18FN3O2S. The minimum atomic E-state index is -0.680. The molecule has 3 N–H and O–H groups in total. The molecule has 0 fully saturated rings. The molecule has 2 aromatic heterocycles. The van der Waals surface area contributed by atoms with Crippen LogP contribution in [0.5, 0.6) is 10.8 Å². The SMILES string of the molecule is CCc1csc(Oc2ccc(NC(=O)c3cc(C)c(F)nc3N)cc2)c1. The van der Waals surface area contributed by atoms with E-state index in [1.165, 1.54) is 18.6 Å². The van der Waals surface area contributed by atoms with Crippen LogP contribution in [-0.2, 0) is 6.42 Å². The van der Waals surface area contributed by atoms with Crippen LogP contribution in [0.3, 0.4) is 0 Å². The highest BCUT2D eigenvalue weighted by Gasteiger charge is 2.14. The predicted octanol–water partition coefficient (Wildman–Crippen LogP) is 4.78. The number of anilines is 2. The molecule has 7 heteroatoms. The quantitative estimate of drug-likeness (QED) is 0.633. The van der Waals surface area contributed by atoms with Gasteiger partial charge in [-0.25, -0.2) is 4.98 Å². The third-order valence-corrected chi connectivity index (χ3v) is 4.65. The zero-order valence-corrected chi connectivity index (χ0v) is 15.2. The van der Waals surface area contributed by atoms with Crippen molar-refractivity contribution in [1.29, 1.82) is 0 Å². The average molecular weight is 371 g/mol. The van der Waals surface area contributed by atoms with E-state index in [9.17, 15) is 9.18 Å². The molecule has 0 aliphatic heterocycles. The maximum atomic E-state index is 13.4. The Bertz CT molecular complexity index is 938. The number of aromatic nitrogens is 1. The van der Waals surface area contributed by atoms with Gasteiger partial charge >= 0.3 is 0 Å². The van der Waals surface area contributed by atoms with E-state index in [0.29, 0.717) is 11.4 Å². The number of amides is 1. The van der Waals surface area contributed by atoms with Gasteiger partial charge in [0.25, 0.3) is 5.91 Å². The Hall–Kier alpha value is -2.93. The summed E-state index contributed by atoms with van der Waals surface area (Å²) in [5, 5.41) is 5.60. The lowest BCUT2D eigenvalue weighted by molar-refractivity contribution is 0.102. The molecule has 0 saturated carbocycles. The number of nitrogens with zero attached hydrogens (tertiary/aromatic N) is 1. The average Bonchev–Trinajstić information content (AvgIpc) is 3.07. The molecule has 3 rings (SSSR count). The van der Waals surface area contributed by atoms with Crippen molar-refractivity contribution in [3.63, 3.8) is 0 Å². The molecule has 1 aromatic carbocycles. The molecule has 0 aliphatic rings. The molecule has 1 amide bonds. The van der Waals surface area contributed by atoms with Gasteiger partial charge < -0.3 is 15.8 Å². The predicted molar refractivity (Wildman–Crippen MR) is 102 cm³/mol. The van der Waals surface area contributed by atoms with Crippen molar-refractivity contribution in [3.8, 4) is 10.8 Å². The highest BCUT2D eigenvalue weighted by atomic mass is 32.1. The molecule has 0 radical (unpaired) electrons. The number of aryl methyl sites for hydroxylation is 2. The number of rotatable bonds is 5. The van der Waals surface area contributed by atoms with Crippen LogP contribution < -0.4 is 15.8 Å². The van der Waals surface area contributed by atoms with Gasteiger partial charge in [-0.05, 0) is 60.7 Å². The van der Waals surface area contributed by atoms with Crippen molar-refractivity contribution in [2.24, 2.45) is 0 Å². The highest BCUT2D eigenvalue weighted by Crippen LogP contribution is 2.29. The minimum absolute atomic E-state index is 0.134. The van der Waals surface area contributed by atoms with Crippen molar-refractivity contribution in [1.82, 2.24) is 4.98 Å². The molecule has 0 bridgehead atoms.